The number of rotatable bonds is 2. The molecule has 0 unspecified atom stereocenters. The number of ether oxygens (including phenoxy) is 2. The van der Waals surface area contributed by atoms with Gasteiger partial charge in [-0.2, -0.15) is 0 Å². The monoisotopic (exact) mass is 299 g/mol. The van der Waals surface area contributed by atoms with Gasteiger partial charge in [0.1, 0.15) is 6.61 Å². The molecule has 1 saturated heterocycles. The second kappa shape index (κ2) is 6.13. The Morgan fingerprint density at radius 3 is 2.70 bits per heavy atom. The van der Waals surface area contributed by atoms with Crippen molar-refractivity contribution >= 4 is 24.5 Å². The largest absolute Gasteiger partial charge is 0.465 e. The normalized spacial score (nSPS) is 20.1. The van der Waals surface area contributed by atoms with E-state index in [2.05, 4.69) is 5.32 Å². The van der Waals surface area contributed by atoms with E-state index >= 15 is 0 Å². The summed E-state index contributed by atoms with van der Waals surface area (Å²) in [6.07, 6.45) is -0.469. The van der Waals surface area contributed by atoms with Crippen molar-refractivity contribution in [3.63, 3.8) is 0 Å². The zero-order chi connectivity index (χ0) is 14.0. The Kier molecular flexibility index (Phi) is 5.00. The molecular formula is C14H18ClNO4. The molecule has 1 aromatic rings. The zero-order valence-corrected chi connectivity index (χ0v) is 12.5. The molecule has 1 fully saturated rings. The van der Waals surface area contributed by atoms with Gasteiger partial charge in [-0.3, -0.25) is 0 Å². The Morgan fingerprint density at radius 1 is 1.40 bits per heavy atom. The number of alkyl carbamates (subject to hydrolysis) is 1. The molecule has 0 radical (unpaired) electrons. The van der Waals surface area contributed by atoms with E-state index in [1.165, 1.54) is 7.11 Å². The molecule has 1 heterocycles. The molecule has 1 aliphatic heterocycles. The van der Waals surface area contributed by atoms with Gasteiger partial charge >= 0.3 is 12.1 Å². The highest BCUT2D eigenvalue weighted by molar-refractivity contribution is 5.91. The van der Waals surface area contributed by atoms with Crippen LogP contribution in [0.1, 0.15) is 35.8 Å². The Bertz CT molecular complexity index is 516. The van der Waals surface area contributed by atoms with Crippen molar-refractivity contribution in [2.24, 2.45) is 5.41 Å². The van der Waals surface area contributed by atoms with Crippen LogP contribution >= 0.6 is 12.4 Å². The summed E-state index contributed by atoms with van der Waals surface area (Å²) in [5.41, 5.74) is 0.902. The third-order valence-electron chi connectivity index (χ3n) is 3.30. The van der Waals surface area contributed by atoms with Gasteiger partial charge in [0, 0.05) is 5.41 Å². The van der Waals surface area contributed by atoms with E-state index in [4.69, 9.17) is 9.47 Å². The summed E-state index contributed by atoms with van der Waals surface area (Å²) in [6, 6.07) is 6.83. The van der Waals surface area contributed by atoms with Crippen LogP contribution in [0.25, 0.3) is 0 Å². The molecule has 5 nitrogen and oxygen atoms in total. The van der Waals surface area contributed by atoms with Gasteiger partial charge in [-0.15, -0.1) is 12.4 Å². The average molecular weight is 300 g/mol. The van der Waals surface area contributed by atoms with E-state index in [0.29, 0.717) is 12.2 Å². The molecule has 0 aliphatic carbocycles. The number of methoxy groups -OCH3 is 1. The number of benzene rings is 1. The molecular weight excluding hydrogens is 282 g/mol. The number of amides is 1. The van der Waals surface area contributed by atoms with Crippen LogP contribution in [0.3, 0.4) is 0 Å². The quantitative estimate of drug-likeness (QED) is 0.853. The lowest BCUT2D eigenvalue weighted by Crippen LogP contribution is -2.47. The zero-order valence-electron chi connectivity index (χ0n) is 11.6. The van der Waals surface area contributed by atoms with Gasteiger partial charge in [-0.05, 0) is 11.6 Å². The molecule has 0 saturated carbocycles. The minimum Gasteiger partial charge on any atom is -0.465 e. The van der Waals surface area contributed by atoms with Crippen molar-refractivity contribution in [1.82, 2.24) is 5.32 Å². The van der Waals surface area contributed by atoms with E-state index in [1.807, 2.05) is 26.0 Å². The standard InChI is InChI=1S/C14H17NO4.ClH/c1-14(2)8-19-13(17)15-11(14)9-6-4-5-7-10(9)12(16)18-3;/h4-7,11H,8H2,1-3H3,(H,15,17);1H/t11-;/m1./s1. The fraction of sp³-hybridized carbons (Fsp3) is 0.429. The second-order valence-corrected chi connectivity index (χ2v) is 5.22. The molecule has 1 aliphatic rings. The maximum atomic E-state index is 11.8. The summed E-state index contributed by atoms with van der Waals surface area (Å²) in [5.74, 6) is -0.410. The molecule has 0 bridgehead atoms. The van der Waals surface area contributed by atoms with Crippen molar-refractivity contribution in [1.29, 1.82) is 0 Å². The van der Waals surface area contributed by atoms with E-state index in [0.717, 1.165) is 5.56 Å². The van der Waals surface area contributed by atoms with E-state index < -0.39 is 12.1 Å². The Hall–Kier alpha value is -1.75. The highest BCUT2D eigenvalue weighted by atomic mass is 35.5. The van der Waals surface area contributed by atoms with Crippen LogP contribution in [0, 0.1) is 5.41 Å². The number of nitrogens with one attached hydrogen (secondary N) is 1. The summed E-state index contributed by atoms with van der Waals surface area (Å²) in [4.78, 5) is 23.2. The van der Waals surface area contributed by atoms with E-state index in [-0.39, 0.29) is 23.9 Å². The van der Waals surface area contributed by atoms with Gasteiger partial charge in [0.15, 0.2) is 0 Å². The van der Waals surface area contributed by atoms with Crippen molar-refractivity contribution in [2.45, 2.75) is 19.9 Å². The molecule has 2 rings (SSSR count). The first-order valence-corrected chi connectivity index (χ1v) is 6.06. The van der Waals surface area contributed by atoms with Crippen LogP contribution < -0.4 is 5.32 Å². The SMILES string of the molecule is COC(=O)c1ccccc1[C@H]1NC(=O)OCC1(C)C.Cl. The molecule has 1 N–H and O–H groups in total. The third kappa shape index (κ3) is 3.04. The first-order valence-electron chi connectivity index (χ1n) is 6.06. The van der Waals surface area contributed by atoms with Crippen LogP contribution in [0.15, 0.2) is 24.3 Å². The number of esters is 1. The van der Waals surface area contributed by atoms with Crippen molar-refractivity contribution in [2.75, 3.05) is 13.7 Å². The predicted molar refractivity (Wildman–Crippen MR) is 76.0 cm³/mol. The smallest absolute Gasteiger partial charge is 0.407 e. The summed E-state index contributed by atoms with van der Waals surface area (Å²) >= 11 is 0. The Balaban J connectivity index is 0.00000200. The van der Waals surface area contributed by atoms with Gasteiger partial charge in [0.2, 0.25) is 0 Å². The maximum absolute atomic E-state index is 11.8. The molecule has 0 spiro atoms. The Labute approximate surface area is 124 Å². The minimum absolute atomic E-state index is 0. The van der Waals surface area contributed by atoms with Gasteiger partial charge in [-0.1, -0.05) is 32.0 Å². The fourth-order valence-corrected chi connectivity index (χ4v) is 2.23. The first kappa shape index (κ1) is 16.3. The number of carbonyl (C=O) groups excluding carboxylic acids is 2. The number of hydrogen-bond donors (Lipinski definition) is 1. The summed E-state index contributed by atoms with van der Waals surface area (Å²) in [6.45, 7) is 4.26. The lowest BCUT2D eigenvalue weighted by Gasteiger charge is -2.39. The van der Waals surface area contributed by atoms with Crippen molar-refractivity contribution in [3.05, 3.63) is 35.4 Å². The van der Waals surface area contributed by atoms with Crippen LogP contribution in [-0.2, 0) is 9.47 Å². The molecule has 1 aromatic carbocycles. The summed E-state index contributed by atoms with van der Waals surface area (Å²) < 4.78 is 9.79. The van der Waals surface area contributed by atoms with Crippen molar-refractivity contribution in [3.8, 4) is 0 Å². The van der Waals surface area contributed by atoms with Crippen LogP contribution in [0.5, 0.6) is 0 Å². The lowest BCUT2D eigenvalue weighted by molar-refractivity contribution is 0.0374. The molecule has 0 aromatic heterocycles. The van der Waals surface area contributed by atoms with Crippen LogP contribution in [0.2, 0.25) is 0 Å². The highest BCUT2D eigenvalue weighted by Crippen LogP contribution is 2.37. The number of halogens is 1. The van der Waals surface area contributed by atoms with Crippen LogP contribution in [-0.4, -0.2) is 25.8 Å². The van der Waals surface area contributed by atoms with E-state index in [9.17, 15) is 9.59 Å². The van der Waals surface area contributed by atoms with Gasteiger partial charge < -0.3 is 14.8 Å². The predicted octanol–water partition coefficient (Wildman–Crippen LogP) is 2.70. The highest BCUT2D eigenvalue weighted by Gasteiger charge is 2.39. The maximum Gasteiger partial charge on any atom is 0.407 e. The van der Waals surface area contributed by atoms with E-state index in [1.54, 1.807) is 12.1 Å². The lowest BCUT2D eigenvalue weighted by atomic mass is 9.79. The van der Waals surface area contributed by atoms with Crippen LogP contribution in [0.4, 0.5) is 4.79 Å². The number of carbonyl (C=O) groups is 2. The number of cyclic esters (lactones) is 1. The summed E-state index contributed by atoms with van der Waals surface area (Å²) in [7, 11) is 1.34. The van der Waals surface area contributed by atoms with Gasteiger partial charge in [0.25, 0.3) is 0 Å². The van der Waals surface area contributed by atoms with Gasteiger partial charge in [-0.25, -0.2) is 9.59 Å². The van der Waals surface area contributed by atoms with Crippen molar-refractivity contribution < 1.29 is 19.1 Å². The molecule has 1 atom stereocenters. The topological polar surface area (TPSA) is 64.6 Å². The third-order valence-corrected chi connectivity index (χ3v) is 3.30. The van der Waals surface area contributed by atoms with Gasteiger partial charge in [0.05, 0.1) is 18.7 Å². The fourth-order valence-electron chi connectivity index (χ4n) is 2.23. The minimum atomic E-state index is -0.469. The molecule has 20 heavy (non-hydrogen) atoms. The summed E-state index contributed by atoms with van der Waals surface area (Å²) in [5, 5.41) is 2.77. The molecule has 1 amide bonds. The Morgan fingerprint density at radius 2 is 2.05 bits per heavy atom. The first-order chi connectivity index (χ1) is 8.95. The average Bonchev–Trinajstić information content (AvgIpc) is 2.41. The molecule has 110 valence electrons. The second-order valence-electron chi connectivity index (χ2n) is 5.22. The number of hydrogen-bond acceptors (Lipinski definition) is 4. The molecule has 6 heteroatoms.